The van der Waals surface area contributed by atoms with Crippen LogP contribution in [0.4, 0.5) is 4.79 Å². The molecule has 3 saturated heterocycles. The third-order valence-electron chi connectivity index (χ3n) is 7.08. The Morgan fingerprint density at radius 2 is 1.46 bits per heavy atom. The molecule has 3 atom stereocenters. The predicted molar refractivity (Wildman–Crippen MR) is 160 cm³/mol. The number of amides is 4. The van der Waals surface area contributed by atoms with Gasteiger partial charge in [-0.15, -0.1) is 0 Å². The fourth-order valence-corrected chi connectivity index (χ4v) is 6.30. The second-order valence-corrected chi connectivity index (χ2v) is 11.4. The van der Waals surface area contributed by atoms with E-state index in [1.807, 2.05) is 30.5 Å². The molecule has 3 heterocycles. The summed E-state index contributed by atoms with van der Waals surface area (Å²) in [4.78, 5) is 39.7. The Hall–Kier alpha value is -1.64. The maximum atomic E-state index is 12.1. The van der Waals surface area contributed by atoms with E-state index >= 15 is 0 Å². The largest absolute Gasteiger partial charge is 0.379 e. The van der Waals surface area contributed by atoms with Gasteiger partial charge >= 0.3 is 6.03 Å². The fourth-order valence-electron chi connectivity index (χ4n) is 4.76. The summed E-state index contributed by atoms with van der Waals surface area (Å²) >= 11 is 1.90. The molecule has 0 spiro atoms. The van der Waals surface area contributed by atoms with Gasteiger partial charge in [-0.2, -0.15) is 11.8 Å². The monoisotopic (exact) mass is 603 g/mol. The summed E-state index contributed by atoms with van der Waals surface area (Å²) in [5.74, 6) is 1.17. The van der Waals surface area contributed by atoms with E-state index in [4.69, 9.17) is 18.9 Å². The van der Waals surface area contributed by atoms with E-state index in [0.29, 0.717) is 77.5 Å². The molecular weight excluding hydrogens is 550 g/mol. The van der Waals surface area contributed by atoms with Crippen molar-refractivity contribution in [2.24, 2.45) is 0 Å². The van der Waals surface area contributed by atoms with Crippen molar-refractivity contribution in [3.05, 3.63) is 0 Å². The van der Waals surface area contributed by atoms with Crippen molar-refractivity contribution in [1.29, 1.82) is 0 Å². The van der Waals surface area contributed by atoms with Crippen LogP contribution in [0.25, 0.3) is 0 Å². The first-order chi connectivity index (χ1) is 20.0. The first kappa shape index (κ1) is 35.6. The summed E-state index contributed by atoms with van der Waals surface area (Å²) in [6, 6.07) is 0.422. The first-order valence-corrected chi connectivity index (χ1v) is 16.3. The Morgan fingerprint density at radius 3 is 2.12 bits per heavy atom. The van der Waals surface area contributed by atoms with Crippen LogP contribution in [-0.4, -0.2) is 143 Å². The number of likely N-dealkylation sites (N-methyl/N-ethyl adjacent to an activating group) is 1. The van der Waals surface area contributed by atoms with Crippen molar-refractivity contribution >= 4 is 29.6 Å². The van der Waals surface area contributed by atoms with Gasteiger partial charge in [0.1, 0.15) is 0 Å². The van der Waals surface area contributed by atoms with E-state index in [2.05, 4.69) is 27.9 Å². The highest BCUT2D eigenvalue weighted by Crippen LogP contribution is 2.33. The van der Waals surface area contributed by atoms with Crippen LogP contribution < -0.4 is 16.0 Å². The summed E-state index contributed by atoms with van der Waals surface area (Å²) in [7, 11) is 2.07. The van der Waals surface area contributed by atoms with Crippen LogP contribution in [0, 0.1) is 0 Å². The minimum absolute atomic E-state index is 0.0467. The second kappa shape index (κ2) is 22.0. The molecule has 0 bridgehead atoms. The van der Waals surface area contributed by atoms with Crippen LogP contribution in [0.15, 0.2) is 0 Å². The topological polar surface area (TPSA) is 131 Å². The Bertz CT molecular complexity index is 743. The van der Waals surface area contributed by atoms with E-state index < -0.39 is 0 Å². The maximum absolute atomic E-state index is 12.1. The molecule has 41 heavy (non-hydrogen) atoms. The smallest absolute Gasteiger partial charge is 0.315 e. The Balaban J connectivity index is 0.00000287. The Morgan fingerprint density at radius 1 is 0.854 bits per heavy atom. The molecular formula is C28H53N5O7S. The zero-order chi connectivity index (χ0) is 29.7. The molecule has 238 valence electrons. The highest BCUT2D eigenvalue weighted by molar-refractivity contribution is 8.00. The minimum Gasteiger partial charge on any atom is -0.379 e. The molecule has 0 aromatic rings. The zero-order valence-electron chi connectivity index (χ0n) is 25.3. The highest BCUT2D eigenvalue weighted by atomic mass is 32.2. The lowest BCUT2D eigenvalue weighted by Gasteiger charge is -2.32. The molecule has 0 aromatic heterocycles. The van der Waals surface area contributed by atoms with Crippen LogP contribution in [0.5, 0.6) is 0 Å². The van der Waals surface area contributed by atoms with Gasteiger partial charge in [0.15, 0.2) is 0 Å². The van der Waals surface area contributed by atoms with Crippen LogP contribution in [0.2, 0.25) is 0 Å². The van der Waals surface area contributed by atoms with Gasteiger partial charge in [-0.05, 0) is 19.9 Å². The van der Waals surface area contributed by atoms with Crippen molar-refractivity contribution in [1.82, 2.24) is 25.8 Å². The molecule has 3 unspecified atom stereocenters. The molecule has 13 heteroatoms. The lowest BCUT2D eigenvalue weighted by molar-refractivity contribution is -0.134. The SMILES string of the molecule is CC.CN1CCN(C(=O)CCOCCOCCOCCOCCNC(=O)CCCCC2SCC3NC(=O)NC32)CC1. The summed E-state index contributed by atoms with van der Waals surface area (Å²) in [5, 5.41) is 9.28. The number of hydrogen-bond acceptors (Lipinski definition) is 9. The Kier molecular flexibility index (Phi) is 19.1. The number of unbranched alkanes of at least 4 members (excludes halogenated alkanes) is 1. The number of ether oxygens (including phenoxy) is 4. The normalized spacial score (nSPS) is 22.0. The van der Waals surface area contributed by atoms with Gasteiger partial charge in [0.25, 0.3) is 0 Å². The predicted octanol–water partition coefficient (Wildman–Crippen LogP) is 1.09. The molecule has 3 aliphatic rings. The lowest BCUT2D eigenvalue weighted by atomic mass is 10.0. The van der Waals surface area contributed by atoms with Crippen molar-refractivity contribution in [2.45, 2.75) is 63.3 Å². The van der Waals surface area contributed by atoms with Gasteiger partial charge < -0.3 is 44.7 Å². The number of hydrogen-bond donors (Lipinski definition) is 3. The standard InChI is InChI=1S/C26H47N5O7S.C2H6/c1-30-8-10-31(11-9-30)24(33)6-12-35-14-16-37-18-19-38-17-15-36-13-7-27-23(32)5-3-2-4-22-25-21(20-39-22)28-26(34)29-25;1-2/h21-22,25H,2-20H2,1H3,(H,27,32)(H2,28,29,34);1-2H3. The molecule has 0 aromatic carbocycles. The average Bonchev–Trinajstić information content (AvgIpc) is 3.53. The summed E-state index contributed by atoms with van der Waals surface area (Å²) in [6.07, 6.45) is 3.77. The molecule has 3 N–H and O–H groups in total. The summed E-state index contributed by atoms with van der Waals surface area (Å²) in [5.41, 5.74) is 0. The van der Waals surface area contributed by atoms with Gasteiger partial charge in [0.2, 0.25) is 11.8 Å². The van der Waals surface area contributed by atoms with Crippen LogP contribution in [0.3, 0.4) is 0 Å². The molecule has 3 fully saturated rings. The second-order valence-electron chi connectivity index (χ2n) is 10.1. The number of carbonyl (C=O) groups is 3. The molecule has 0 radical (unpaired) electrons. The van der Waals surface area contributed by atoms with E-state index in [1.54, 1.807) is 0 Å². The van der Waals surface area contributed by atoms with Crippen molar-refractivity contribution < 1.29 is 33.3 Å². The third-order valence-corrected chi connectivity index (χ3v) is 8.59. The van der Waals surface area contributed by atoms with E-state index in [-0.39, 0.29) is 29.9 Å². The quantitative estimate of drug-likeness (QED) is 0.138. The van der Waals surface area contributed by atoms with Crippen LogP contribution >= 0.6 is 11.8 Å². The van der Waals surface area contributed by atoms with Crippen LogP contribution in [0.1, 0.15) is 46.0 Å². The number of fused-ring (bicyclic) bond motifs is 1. The minimum atomic E-state index is -0.0576. The average molecular weight is 604 g/mol. The number of nitrogens with zero attached hydrogens (tertiary/aromatic N) is 2. The highest BCUT2D eigenvalue weighted by Gasteiger charge is 2.42. The number of nitrogens with one attached hydrogen (secondary N) is 3. The van der Waals surface area contributed by atoms with E-state index in [1.165, 1.54) is 0 Å². The molecule has 0 saturated carbocycles. The van der Waals surface area contributed by atoms with Crippen molar-refractivity contribution in [3.63, 3.8) is 0 Å². The van der Waals surface area contributed by atoms with Crippen LogP contribution in [-0.2, 0) is 28.5 Å². The van der Waals surface area contributed by atoms with E-state index in [0.717, 1.165) is 51.2 Å². The molecule has 12 nitrogen and oxygen atoms in total. The molecule has 3 rings (SSSR count). The number of thioether (sulfide) groups is 1. The number of rotatable bonds is 20. The first-order valence-electron chi connectivity index (χ1n) is 15.3. The Labute approximate surface area is 250 Å². The molecule has 3 aliphatic heterocycles. The van der Waals surface area contributed by atoms with Gasteiger partial charge in [-0.1, -0.05) is 20.3 Å². The molecule has 0 aliphatic carbocycles. The number of piperazine rings is 1. The lowest BCUT2D eigenvalue weighted by Crippen LogP contribution is -2.47. The van der Waals surface area contributed by atoms with Gasteiger partial charge in [-0.25, -0.2) is 4.79 Å². The maximum Gasteiger partial charge on any atom is 0.315 e. The van der Waals surface area contributed by atoms with Gasteiger partial charge in [0.05, 0.1) is 71.4 Å². The van der Waals surface area contributed by atoms with Crippen molar-refractivity contribution in [2.75, 3.05) is 98.4 Å². The third kappa shape index (κ3) is 14.9. The van der Waals surface area contributed by atoms with Crippen molar-refractivity contribution in [3.8, 4) is 0 Å². The molecule has 4 amide bonds. The van der Waals surface area contributed by atoms with Gasteiger partial charge in [0, 0.05) is 50.1 Å². The summed E-state index contributed by atoms with van der Waals surface area (Å²) < 4.78 is 21.9. The zero-order valence-corrected chi connectivity index (χ0v) is 26.1. The number of carbonyl (C=O) groups excluding carboxylic acids is 3. The fraction of sp³-hybridized carbons (Fsp3) is 0.893. The van der Waals surface area contributed by atoms with Gasteiger partial charge in [-0.3, -0.25) is 9.59 Å². The number of urea groups is 1. The summed E-state index contributed by atoms with van der Waals surface area (Å²) in [6.45, 7) is 11.6. The van der Waals surface area contributed by atoms with E-state index in [9.17, 15) is 14.4 Å².